The Kier molecular flexibility index (Phi) is 1.35. The van der Waals surface area contributed by atoms with Crippen molar-refractivity contribution in [2.45, 2.75) is 0 Å². The Morgan fingerprint density at radius 1 is 1.00 bits per heavy atom. The molecule has 1 N–H and O–H groups in total. The third kappa shape index (κ3) is 2.05. The van der Waals surface area contributed by atoms with Gasteiger partial charge in [-0.05, 0) is 24.3 Å². The number of phenolic OH excluding ortho intramolecular Hbond substituents is 1. The predicted octanol–water partition coefficient (Wildman–Crippen LogP) is 2.62. The Balaban J connectivity index is 2.64. The normalized spacial score (nSPS) is 14.5. The molecule has 2 aromatic carbocycles. The molecule has 0 fully saturated rings. The van der Waals surface area contributed by atoms with E-state index < -0.39 is 36.0 Å². The Bertz CT molecular complexity index is 666. The summed E-state index contributed by atoms with van der Waals surface area (Å²) in [5.74, 6) is -0.704. The van der Waals surface area contributed by atoms with Crippen LogP contribution in [-0.4, -0.2) is 10.9 Å². The number of carbonyl (C=O) groups excluding carboxylic acids is 1. The summed E-state index contributed by atoms with van der Waals surface area (Å²) in [5.41, 5.74) is -0.233. The van der Waals surface area contributed by atoms with Crippen LogP contribution in [0.2, 0.25) is 0 Å². The van der Waals surface area contributed by atoms with E-state index in [0.29, 0.717) is 0 Å². The van der Waals surface area contributed by atoms with E-state index in [-0.39, 0.29) is 16.9 Å². The second-order valence-electron chi connectivity index (χ2n) is 2.88. The first-order valence-corrected chi connectivity index (χ1v) is 4.25. The molecule has 0 heterocycles. The van der Waals surface area contributed by atoms with Crippen molar-refractivity contribution in [3.63, 3.8) is 0 Å². The van der Waals surface area contributed by atoms with Gasteiger partial charge in [0.2, 0.25) is 0 Å². The first-order valence-electron chi connectivity index (χ1n) is 6.75. The second kappa shape index (κ2) is 3.96. The van der Waals surface area contributed by atoms with E-state index in [1.165, 1.54) is 24.3 Å². The van der Waals surface area contributed by atoms with Gasteiger partial charge in [0, 0.05) is 11.1 Å². The smallest absolute Gasteiger partial charge is 0.193 e. The summed E-state index contributed by atoms with van der Waals surface area (Å²) >= 11 is 0. The minimum atomic E-state index is -0.679. The van der Waals surface area contributed by atoms with Gasteiger partial charge in [0.05, 0.1) is 6.85 Å². The summed E-state index contributed by atoms with van der Waals surface area (Å²) in [7, 11) is 0. The molecular weight excluding hydrogens is 188 g/mol. The summed E-state index contributed by atoms with van der Waals surface area (Å²) in [6, 6.07) is 2.55. The van der Waals surface area contributed by atoms with Crippen molar-refractivity contribution in [2.75, 3.05) is 0 Å². The zero-order valence-corrected chi connectivity index (χ0v) is 7.66. The lowest BCUT2D eigenvalue weighted by atomic mass is 10.0. The molecule has 0 unspecified atom stereocenters. The first kappa shape index (κ1) is 5.12. The number of benzene rings is 2. The number of carbonyl (C=O) groups is 1. The van der Waals surface area contributed by atoms with Crippen LogP contribution in [0.15, 0.2) is 54.5 Å². The lowest BCUT2D eigenvalue weighted by molar-refractivity contribution is 0.103. The van der Waals surface area contributed by atoms with Crippen LogP contribution in [0.1, 0.15) is 22.8 Å². The standard InChI is InChI=1S/C13H10O2/c14-12-8-6-11(7-9-12)13(15)10-4-2-1-3-5-10/h1-9,14H/i1D,2D,3D,4D,5D. The van der Waals surface area contributed by atoms with Gasteiger partial charge in [0.1, 0.15) is 5.75 Å². The van der Waals surface area contributed by atoms with Crippen molar-refractivity contribution in [2.24, 2.45) is 0 Å². The zero-order valence-electron chi connectivity index (χ0n) is 12.7. The Labute approximate surface area is 94.8 Å². The lowest BCUT2D eigenvalue weighted by Crippen LogP contribution is -1.99. The number of rotatable bonds is 2. The highest BCUT2D eigenvalue weighted by atomic mass is 16.3. The average molecular weight is 203 g/mol. The van der Waals surface area contributed by atoms with Crippen molar-refractivity contribution in [3.8, 4) is 5.75 Å². The van der Waals surface area contributed by atoms with Crippen molar-refractivity contribution >= 4 is 5.78 Å². The molecule has 0 aromatic heterocycles. The minimum Gasteiger partial charge on any atom is -0.508 e. The average Bonchev–Trinajstić information content (AvgIpc) is 2.44. The molecule has 74 valence electrons. The van der Waals surface area contributed by atoms with Crippen LogP contribution in [-0.2, 0) is 0 Å². The van der Waals surface area contributed by atoms with Crippen molar-refractivity contribution < 1.29 is 16.8 Å². The molecular formula is C13H10O2. The van der Waals surface area contributed by atoms with Gasteiger partial charge in [-0.2, -0.15) is 0 Å². The summed E-state index contributed by atoms with van der Waals surface area (Å²) < 4.78 is 37.9. The molecule has 2 heteroatoms. The monoisotopic (exact) mass is 203 g/mol. The maximum absolute atomic E-state index is 12.3. The molecule has 2 nitrogen and oxygen atoms in total. The predicted molar refractivity (Wildman–Crippen MR) is 58.0 cm³/mol. The first-order chi connectivity index (χ1) is 9.34. The van der Waals surface area contributed by atoms with Crippen LogP contribution in [0.25, 0.3) is 0 Å². The highest BCUT2D eigenvalue weighted by Crippen LogP contribution is 2.13. The molecule has 15 heavy (non-hydrogen) atoms. The van der Waals surface area contributed by atoms with E-state index in [9.17, 15) is 9.90 Å². The highest BCUT2D eigenvalue weighted by molar-refractivity contribution is 6.08. The Morgan fingerprint density at radius 3 is 2.20 bits per heavy atom. The van der Waals surface area contributed by atoms with E-state index in [0.717, 1.165) is 0 Å². The molecule has 2 aromatic rings. The second-order valence-corrected chi connectivity index (χ2v) is 2.88. The van der Waals surface area contributed by atoms with E-state index in [4.69, 9.17) is 6.85 Å². The van der Waals surface area contributed by atoms with Crippen LogP contribution in [0, 0.1) is 0 Å². The van der Waals surface area contributed by atoms with Gasteiger partial charge in [0.25, 0.3) is 0 Å². The maximum atomic E-state index is 12.3. The zero-order chi connectivity index (χ0) is 15.0. The third-order valence-electron chi connectivity index (χ3n) is 1.86. The van der Waals surface area contributed by atoms with Gasteiger partial charge in [-0.1, -0.05) is 30.2 Å². The molecule has 0 aliphatic heterocycles. The van der Waals surface area contributed by atoms with E-state index >= 15 is 0 Å². The number of ketones is 1. The largest absolute Gasteiger partial charge is 0.508 e. The van der Waals surface area contributed by atoms with Gasteiger partial charge in [-0.3, -0.25) is 4.79 Å². The highest BCUT2D eigenvalue weighted by Gasteiger charge is 2.07. The van der Waals surface area contributed by atoms with E-state index in [2.05, 4.69) is 0 Å². The maximum Gasteiger partial charge on any atom is 0.193 e. The van der Waals surface area contributed by atoms with Crippen LogP contribution in [0.3, 0.4) is 0 Å². The minimum absolute atomic E-state index is 0.0254. The van der Waals surface area contributed by atoms with Gasteiger partial charge in [-0.15, -0.1) is 0 Å². The Morgan fingerprint density at radius 2 is 1.60 bits per heavy atom. The lowest BCUT2D eigenvalue weighted by Gasteiger charge is -2.00. The summed E-state index contributed by atoms with van der Waals surface area (Å²) in [6.07, 6.45) is 0. The quantitative estimate of drug-likeness (QED) is 0.762. The summed E-state index contributed by atoms with van der Waals surface area (Å²) in [6.45, 7) is 0. The number of aromatic hydroxyl groups is 1. The molecule has 0 aliphatic carbocycles. The molecule has 0 aliphatic rings. The molecule has 2 rings (SSSR count). The molecule has 0 saturated carbocycles. The fourth-order valence-electron chi connectivity index (χ4n) is 1.12. The summed E-state index contributed by atoms with van der Waals surface area (Å²) in [4.78, 5) is 12.3. The number of hydrogen-bond acceptors (Lipinski definition) is 2. The number of hydrogen-bond donors (Lipinski definition) is 1. The molecule has 0 radical (unpaired) electrons. The molecule has 0 spiro atoms. The summed E-state index contributed by atoms with van der Waals surface area (Å²) in [5, 5.41) is 9.17. The van der Waals surface area contributed by atoms with Crippen LogP contribution >= 0.6 is 0 Å². The van der Waals surface area contributed by atoms with Gasteiger partial charge in [-0.25, -0.2) is 0 Å². The van der Waals surface area contributed by atoms with Gasteiger partial charge < -0.3 is 5.11 Å². The number of phenols is 1. The van der Waals surface area contributed by atoms with Gasteiger partial charge >= 0.3 is 0 Å². The van der Waals surface area contributed by atoms with Gasteiger partial charge in [0.15, 0.2) is 5.78 Å². The van der Waals surface area contributed by atoms with E-state index in [1.54, 1.807) is 0 Å². The topological polar surface area (TPSA) is 37.3 Å². The van der Waals surface area contributed by atoms with Crippen molar-refractivity contribution in [1.82, 2.24) is 0 Å². The fraction of sp³-hybridized carbons (Fsp3) is 0. The van der Waals surface area contributed by atoms with Crippen LogP contribution in [0.5, 0.6) is 5.75 Å². The Hall–Kier alpha value is -2.09. The van der Waals surface area contributed by atoms with Crippen molar-refractivity contribution in [1.29, 1.82) is 0 Å². The third-order valence-corrected chi connectivity index (χ3v) is 1.86. The molecule has 0 atom stereocenters. The molecule has 0 amide bonds. The van der Waals surface area contributed by atoms with Crippen LogP contribution in [0.4, 0.5) is 0 Å². The molecule has 0 bridgehead atoms. The van der Waals surface area contributed by atoms with Crippen LogP contribution < -0.4 is 0 Å². The fourth-order valence-corrected chi connectivity index (χ4v) is 1.12. The SMILES string of the molecule is [2H]c1c([2H])c([2H])c(C(=O)c2ccc(O)cc2)c([2H])c1[2H]. The molecule has 0 saturated heterocycles. The van der Waals surface area contributed by atoms with E-state index in [1.807, 2.05) is 0 Å². The van der Waals surface area contributed by atoms with Crippen molar-refractivity contribution in [3.05, 3.63) is 65.6 Å².